The van der Waals surface area contributed by atoms with E-state index in [4.69, 9.17) is 5.73 Å². The molecule has 0 aliphatic heterocycles. The third-order valence-electron chi connectivity index (χ3n) is 3.56. The Morgan fingerprint density at radius 1 is 1.36 bits per heavy atom. The topological polar surface area (TPSA) is 29.3 Å². The molecule has 1 aliphatic carbocycles. The lowest BCUT2D eigenvalue weighted by Crippen LogP contribution is -2.31. The molecule has 1 aliphatic rings. The highest BCUT2D eigenvalue weighted by Gasteiger charge is 2.18. The van der Waals surface area contributed by atoms with Crippen molar-refractivity contribution < 1.29 is 0 Å². The van der Waals surface area contributed by atoms with Crippen molar-refractivity contribution >= 4 is 0 Å². The highest BCUT2D eigenvalue weighted by molar-refractivity contribution is 4.75. The monoisotopic (exact) mass is 198 g/mol. The maximum atomic E-state index is 5.89. The normalized spacial score (nSPS) is 20.6. The first-order valence-electron chi connectivity index (χ1n) is 6.20. The molecule has 0 spiro atoms. The van der Waals surface area contributed by atoms with Gasteiger partial charge in [-0.3, -0.25) is 0 Å². The highest BCUT2D eigenvalue weighted by Crippen LogP contribution is 2.22. The molecule has 1 rings (SSSR count). The minimum atomic E-state index is 0.423. The van der Waals surface area contributed by atoms with Gasteiger partial charge in [-0.15, -0.1) is 0 Å². The van der Waals surface area contributed by atoms with Crippen LogP contribution in [0.25, 0.3) is 0 Å². The molecule has 2 N–H and O–H groups in total. The Morgan fingerprint density at radius 2 is 2.00 bits per heavy atom. The van der Waals surface area contributed by atoms with Gasteiger partial charge in [-0.2, -0.15) is 0 Å². The summed E-state index contributed by atoms with van der Waals surface area (Å²) in [7, 11) is 2.27. The van der Waals surface area contributed by atoms with E-state index in [1.807, 2.05) is 0 Å². The van der Waals surface area contributed by atoms with Crippen molar-refractivity contribution in [3.63, 3.8) is 0 Å². The summed E-state index contributed by atoms with van der Waals surface area (Å²) in [5.74, 6) is 0. The maximum absolute atomic E-state index is 5.89. The molecule has 0 heterocycles. The van der Waals surface area contributed by atoms with E-state index in [-0.39, 0.29) is 0 Å². The van der Waals surface area contributed by atoms with Gasteiger partial charge in [-0.1, -0.05) is 19.8 Å². The smallest absolute Gasteiger partial charge is 0.00922 e. The van der Waals surface area contributed by atoms with Gasteiger partial charge in [0.2, 0.25) is 0 Å². The second kappa shape index (κ2) is 6.41. The van der Waals surface area contributed by atoms with Gasteiger partial charge >= 0.3 is 0 Å². The Kier molecular flexibility index (Phi) is 5.49. The first-order valence-corrected chi connectivity index (χ1v) is 6.20. The lowest BCUT2D eigenvalue weighted by atomic mass is 10.1. The van der Waals surface area contributed by atoms with Crippen LogP contribution in [0.4, 0.5) is 0 Å². The zero-order valence-corrected chi connectivity index (χ0v) is 9.84. The molecule has 0 aromatic heterocycles. The SMILES string of the molecule is CCC(N)CCCN(C)C1CCCC1. The zero-order chi connectivity index (χ0) is 10.4. The molecule has 0 radical (unpaired) electrons. The quantitative estimate of drug-likeness (QED) is 0.710. The maximum Gasteiger partial charge on any atom is 0.00922 e. The molecule has 1 saturated carbocycles. The van der Waals surface area contributed by atoms with E-state index >= 15 is 0 Å². The molecule has 0 amide bonds. The fourth-order valence-corrected chi connectivity index (χ4v) is 2.33. The lowest BCUT2D eigenvalue weighted by Gasteiger charge is -2.24. The molecule has 1 unspecified atom stereocenters. The van der Waals surface area contributed by atoms with Gasteiger partial charge in [0, 0.05) is 12.1 Å². The molecule has 1 atom stereocenters. The van der Waals surface area contributed by atoms with Crippen LogP contribution < -0.4 is 5.73 Å². The molecule has 2 heteroatoms. The van der Waals surface area contributed by atoms with Crippen LogP contribution in [0, 0.1) is 0 Å². The van der Waals surface area contributed by atoms with Crippen LogP contribution >= 0.6 is 0 Å². The minimum Gasteiger partial charge on any atom is -0.328 e. The Morgan fingerprint density at radius 3 is 2.57 bits per heavy atom. The fourth-order valence-electron chi connectivity index (χ4n) is 2.33. The Hall–Kier alpha value is -0.0800. The first kappa shape index (κ1) is 12.0. The molecule has 2 nitrogen and oxygen atoms in total. The largest absolute Gasteiger partial charge is 0.328 e. The van der Waals surface area contributed by atoms with Crippen LogP contribution in [0.2, 0.25) is 0 Å². The summed E-state index contributed by atoms with van der Waals surface area (Å²) < 4.78 is 0. The van der Waals surface area contributed by atoms with Crippen molar-refractivity contribution in [2.45, 2.75) is 64.0 Å². The van der Waals surface area contributed by atoms with Crippen molar-refractivity contribution in [1.29, 1.82) is 0 Å². The van der Waals surface area contributed by atoms with E-state index in [0.29, 0.717) is 6.04 Å². The number of nitrogens with two attached hydrogens (primary N) is 1. The average molecular weight is 198 g/mol. The van der Waals surface area contributed by atoms with Gasteiger partial charge in [-0.25, -0.2) is 0 Å². The van der Waals surface area contributed by atoms with Gasteiger partial charge < -0.3 is 10.6 Å². The average Bonchev–Trinajstić information content (AvgIpc) is 2.70. The number of hydrogen-bond donors (Lipinski definition) is 1. The van der Waals surface area contributed by atoms with Crippen LogP contribution in [0.5, 0.6) is 0 Å². The van der Waals surface area contributed by atoms with Crippen LogP contribution in [-0.2, 0) is 0 Å². The van der Waals surface area contributed by atoms with Gasteiger partial charge in [0.25, 0.3) is 0 Å². The van der Waals surface area contributed by atoms with Gasteiger partial charge in [-0.05, 0) is 45.7 Å². The highest BCUT2D eigenvalue weighted by atomic mass is 15.1. The number of rotatable bonds is 6. The predicted molar refractivity (Wildman–Crippen MR) is 62.4 cm³/mol. The van der Waals surface area contributed by atoms with Crippen molar-refractivity contribution in [2.75, 3.05) is 13.6 Å². The van der Waals surface area contributed by atoms with E-state index in [0.717, 1.165) is 12.5 Å². The summed E-state index contributed by atoms with van der Waals surface area (Å²) >= 11 is 0. The number of hydrogen-bond acceptors (Lipinski definition) is 2. The fraction of sp³-hybridized carbons (Fsp3) is 1.00. The molecule has 0 aromatic carbocycles. The second-order valence-corrected chi connectivity index (χ2v) is 4.73. The lowest BCUT2D eigenvalue weighted by molar-refractivity contribution is 0.238. The zero-order valence-electron chi connectivity index (χ0n) is 9.84. The molecular formula is C12H26N2. The van der Waals surface area contributed by atoms with E-state index in [2.05, 4.69) is 18.9 Å². The Labute approximate surface area is 88.8 Å². The van der Waals surface area contributed by atoms with Gasteiger partial charge in [0.1, 0.15) is 0 Å². The van der Waals surface area contributed by atoms with Crippen LogP contribution in [0.3, 0.4) is 0 Å². The molecule has 1 fully saturated rings. The number of nitrogens with zero attached hydrogens (tertiary/aromatic N) is 1. The summed E-state index contributed by atoms with van der Waals surface area (Å²) in [6.07, 6.45) is 9.27. The van der Waals surface area contributed by atoms with Crippen molar-refractivity contribution in [2.24, 2.45) is 5.73 Å². The summed E-state index contributed by atoms with van der Waals surface area (Å²) in [5.41, 5.74) is 5.89. The Bertz CT molecular complexity index is 141. The minimum absolute atomic E-state index is 0.423. The van der Waals surface area contributed by atoms with Crippen molar-refractivity contribution in [3.05, 3.63) is 0 Å². The third kappa shape index (κ3) is 3.97. The van der Waals surface area contributed by atoms with Gasteiger partial charge in [0.05, 0.1) is 0 Å². The Balaban J connectivity index is 2.05. The molecule has 0 bridgehead atoms. The first-order chi connectivity index (χ1) is 6.74. The molecule has 0 aromatic rings. The third-order valence-corrected chi connectivity index (χ3v) is 3.56. The van der Waals surface area contributed by atoms with Crippen LogP contribution in [-0.4, -0.2) is 30.6 Å². The predicted octanol–water partition coefficient (Wildman–Crippen LogP) is 2.38. The molecule has 84 valence electrons. The van der Waals surface area contributed by atoms with Crippen LogP contribution in [0.15, 0.2) is 0 Å². The van der Waals surface area contributed by atoms with Crippen molar-refractivity contribution in [3.8, 4) is 0 Å². The second-order valence-electron chi connectivity index (χ2n) is 4.73. The summed E-state index contributed by atoms with van der Waals surface area (Å²) in [6.45, 7) is 3.41. The molecule has 0 saturated heterocycles. The standard InChI is InChI=1S/C12H26N2/c1-3-11(13)7-6-10-14(2)12-8-4-5-9-12/h11-12H,3-10,13H2,1-2H3. The molecular weight excluding hydrogens is 172 g/mol. The van der Waals surface area contributed by atoms with E-state index in [1.54, 1.807) is 0 Å². The van der Waals surface area contributed by atoms with Gasteiger partial charge in [0.15, 0.2) is 0 Å². The van der Waals surface area contributed by atoms with E-state index < -0.39 is 0 Å². The summed E-state index contributed by atoms with van der Waals surface area (Å²) in [6, 6.07) is 1.29. The summed E-state index contributed by atoms with van der Waals surface area (Å²) in [4.78, 5) is 2.54. The van der Waals surface area contributed by atoms with E-state index in [9.17, 15) is 0 Å². The van der Waals surface area contributed by atoms with Crippen LogP contribution in [0.1, 0.15) is 51.9 Å². The summed E-state index contributed by atoms with van der Waals surface area (Å²) in [5, 5.41) is 0. The van der Waals surface area contributed by atoms with E-state index in [1.165, 1.54) is 45.1 Å². The molecule has 14 heavy (non-hydrogen) atoms. The van der Waals surface area contributed by atoms with Crippen molar-refractivity contribution in [1.82, 2.24) is 4.90 Å².